The number of carbonyl (C=O) groups is 3. The van der Waals surface area contributed by atoms with Gasteiger partial charge < -0.3 is 28.8 Å². The van der Waals surface area contributed by atoms with Gasteiger partial charge in [0.25, 0.3) is 0 Å². The second-order valence-electron chi connectivity index (χ2n) is 11.4. The summed E-state index contributed by atoms with van der Waals surface area (Å²) in [7, 11) is 0. The van der Waals surface area contributed by atoms with E-state index in [2.05, 4.69) is 0 Å². The molecule has 9 nitrogen and oxygen atoms in total. The fourth-order valence-corrected chi connectivity index (χ4v) is 3.63. The van der Waals surface area contributed by atoms with Gasteiger partial charge in [0, 0.05) is 6.42 Å². The molecule has 2 fully saturated rings. The van der Waals surface area contributed by atoms with Gasteiger partial charge in [-0.25, -0.2) is 14.4 Å². The van der Waals surface area contributed by atoms with Crippen molar-refractivity contribution in [2.24, 2.45) is 0 Å². The molecular weight excluding hydrogens is 408 g/mol. The lowest BCUT2D eigenvalue weighted by Crippen LogP contribution is -2.76. The van der Waals surface area contributed by atoms with Crippen LogP contribution >= 0.6 is 0 Å². The van der Waals surface area contributed by atoms with Crippen LogP contribution in [0.1, 0.15) is 82.1 Å². The number of aliphatic hydroxyl groups is 1. The average Bonchev–Trinajstić information content (AvgIpc) is 2.82. The van der Waals surface area contributed by atoms with Crippen LogP contribution < -0.4 is 0 Å². The van der Waals surface area contributed by atoms with Crippen molar-refractivity contribution < 1.29 is 43.2 Å². The number of hydrogen-bond donors (Lipinski definition) is 1. The van der Waals surface area contributed by atoms with Gasteiger partial charge in [0.15, 0.2) is 5.79 Å². The van der Waals surface area contributed by atoms with Crippen molar-refractivity contribution >= 4 is 17.9 Å². The van der Waals surface area contributed by atoms with Crippen LogP contribution in [0.5, 0.6) is 0 Å². The van der Waals surface area contributed by atoms with Gasteiger partial charge in [0.2, 0.25) is 17.3 Å². The van der Waals surface area contributed by atoms with Gasteiger partial charge in [-0.05, 0) is 75.7 Å². The molecule has 0 saturated carbocycles. The zero-order valence-electron chi connectivity index (χ0n) is 20.2. The molecule has 0 aromatic heterocycles. The zero-order chi connectivity index (χ0) is 24.3. The normalized spacial score (nSPS) is 33.6. The maximum atomic E-state index is 13.4. The predicted molar refractivity (Wildman–Crippen MR) is 109 cm³/mol. The van der Waals surface area contributed by atoms with Crippen LogP contribution in [-0.4, -0.2) is 62.9 Å². The van der Waals surface area contributed by atoms with E-state index in [0.717, 1.165) is 0 Å². The Morgan fingerprint density at radius 3 is 1.71 bits per heavy atom. The molecule has 0 aliphatic carbocycles. The molecule has 2 aliphatic heterocycles. The highest BCUT2D eigenvalue weighted by molar-refractivity contribution is 5.99. The standard InChI is InChI=1S/C22H36O9/c1-17(2,3)28-14(23)13-22(26,16(25)30-19(7,8)9)21(15(24)29-18(4,5)6)12-11-20(10,27-13)31-21/h13,26H,11-12H2,1-10H3/t13-,20-,21-,22-/m1/s1. The van der Waals surface area contributed by atoms with Gasteiger partial charge in [0.05, 0.1) is 0 Å². The first kappa shape index (κ1) is 25.5. The summed E-state index contributed by atoms with van der Waals surface area (Å²) in [6.07, 6.45) is -1.85. The van der Waals surface area contributed by atoms with E-state index in [-0.39, 0.29) is 12.8 Å². The maximum absolute atomic E-state index is 13.4. The number of esters is 3. The SMILES string of the molecule is CC(C)(C)OC(=O)[C@H]1O[C@@]2(C)CC[C@](C(=O)OC(C)(C)C)(O2)[C@]1(O)C(=O)OC(C)(C)C. The van der Waals surface area contributed by atoms with Crippen molar-refractivity contribution in [1.82, 2.24) is 0 Å². The van der Waals surface area contributed by atoms with E-state index in [1.807, 2.05) is 0 Å². The first-order chi connectivity index (χ1) is 13.6. The van der Waals surface area contributed by atoms with E-state index in [4.69, 9.17) is 23.7 Å². The lowest BCUT2D eigenvalue weighted by atomic mass is 9.76. The predicted octanol–water partition coefficient (Wildman–Crippen LogP) is 2.41. The van der Waals surface area contributed by atoms with Crippen molar-refractivity contribution in [3.8, 4) is 0 Å². The molecule has 2 saturated heterocycles. The van der Waals surface area contributed by atoms with Crippen LogP contribution in [0.4, 0.5) is 0 Å². The van der Waals surface area contributed by atoms with Gasteiger partial charge in [-0.15, -0.1) is 0 Å². The van der Waals surface area contributed by atoms with Gasteiger partial charge in [0.1, 0.15) is 16.8 Å². The summed E-state index contributed by atoms with van der Waals surface area (Å²) in [5.74, 6) is -4.63. The van der Waals surface area contributed by atoms with Crippen molar-refractivity contribution in [3.63, 3.8) is 0 Å². The van der Waals surface area contributed by atoms with Gasteiger partial charge in [-0.3, -0.25) is 0 Å². The van der Waals surface area contributed by atoms with Crippen LogP contribution in [0, 0.1) is 0 Å². The molecule has 2 bridgehead atoms. The molecular formula is C22H36O9. The molecule has 178 valence electrons. The quantitative estimate of drug-likeness (QED) is 0.517. The van der Waals surface area contributed by atoms with E-state index in [1.54, 1.807) is 62.3 Å². The van der Waals surface area contributed by atoms with Crippen molar-refractivity contribution in [2.45, 2.75) is 122 Å². The van der Waals surface area contributed by atoms with Crippen LogP contribution in [0.25, 0.3) is 0 Å². The second-order valence-corrected chi connectivity index (χ2v) is 11.4. The second kappa shape index (κ2) is 7.42. The third-order valence-electron chi connectivity index (χ3n) is 4.74. The monoisotopic (exact) mass is 444 g/mol. The molecule has 0 aromatic carbocycles. The summed E-state index contributed by atoms with van der Waals surface area (Å²) in [6, 6.07) is 0. The molecule has 4 atom stereocenters. The summed E-state index contributed by atoms with van der Waals surface area (Å²) >= 11 is 0. The number of fused-ring (bicyclic) bond motifs is 2. The van der Waals surface area contributed by atoms with E-state index >= 15 is 0 Å². The number of ether oxygens (including phenoxy) is 5. The van der Waals surface area contributed by atoms with E-state index in [0.29, 0.717) is 0 Å². The minimum absolute atomic E-state index is 0.118. The minimum Gasteiger partial charge on any atom is -0.458 e. The molecule has 0 unspecified atom stereocenters. The molecule has 9 heteroatoms. The Kier molecular flexibility index (Phi) is 6.11. The highest BCUT2D eigenvalue weighted by Gasteiger charge is 2.78. The molecule has 2 aliphatic rings. The molecule has 0 amide bonds. The summed E-state index contributed by atoms with van der Waals surface area (Å²) in [4.78, 5) is 39.8. The third kappa shape index (κ3) is 5.04. The minimum atomic E-state index is -2.83. The summed E-state index contributed by atoms with van der Waals surface area (Å²) < 4.78 is 28.0. The van der Waals surface area contributed by atoms with E-state index in [1.165, 1.54) is 6.92 Å². The Morgan fingerprint density at radius 2 is 1.26 bits per heavy atom. The molecule has 0 radical (unpaired) electrons. The van der Waals surface area contributed by atoms with Crippen molar-refractivity contribution in [3.05, 3.63) is 0 Å². The van der Waals surface area contributed by atoms with Crippen LogP contribution in [-0.2, 0) is 38.1 Å². The molecule has 31 heavy (non-hydrogen) atoms. The van der Waals surface area contributed by atoms with Crippen LogP contribution in [0.15, 0.2) is 0 Å². The number of carbonyl (C=O) groups excluding carboxylic acids is 3. The number of rotatable bonds is 3. The fourth-order valence-electron chi connectivity index (χ4n) is 3.63. The Balaban J connectivity index is 2.66. The fraction of sp³-hybridized carbons (Fsp3) is 0.864. The van der Waals surface area contributed by atoms with E-state index < -0.39 is 57.8 Å². The topological polar surface area (TPSA) is 118 Å². The Labute approximate surface area is 183 Å². The van der Waals surface area contributed by atoms with Gasteiger partial charge in [-0.1, -0.05) is 0 Å². The molecule has 0 aromatic rings. The third-order valence-corrected chi connectivity index (χ3v) is 4.74. The van der Waals surface area contributed by atoms with Gasteiger partial charge in [-0.2, -0.15) is 0 Å². The summed E-state index contributed by atoms with van der Waals surface area (Å²) in [5.41, 5.74) is -7.95. The average molecular weight is 445 g/mol. The lowest BCUT2D eigenvalue weighted by Gasteiger charge is -2.50. The Hall–Kier alpha value is -1.71. The smallest absolute Gasteiger partial charge is 0.345 e. The van der Waals surface area contributed by atoms with Crippen molar-refractivity contribution in [1.29, 1.82) is 0 Å². The molecule has 2 rings (SSSR count). The van der Waals surface area contributed by atoms with Gasteiger partial charge >= 0.3 is 17.9 Å². The molecule has 1 N–H and O–H groups in total. The maximum Gasteiger partial charge on any atom is 0.345 e. The highest BCUT2D eigenvalue weighted by Crippen LogP contribution is 2.54. The first-order valence-electron chi connectivity index (χ1n) is 10.4. The van der Waals surface area contributed by atoms with Crippen LogP contribution in [0.2, 0.25) is 0 Å². The van der Waals surface area contributed by atoms with Crippen molar-refractivity contribution in [2.75, 3.05) is 0 Å². The molecule has 2 heterocycles. The highest BCUT2D eigenvalue weighted by atomic mass is 16.8. The number of hydrogen-bond acceptors (Lipinski definition) is 9. The summed E-state index contributed by atoms with van der Waals surface area (Å²) in [5, 5.41) is 11.8. The lowest BCUT2D eigenvalue weighted by molar-refractivity contribution is -0.360. The Morgan fingerprint density at radius 1 is 0.806 bits per heavy atom. The van der Waals surface area contributed by atoms with Crippen LogP contribution in [0.3, 0.4) is 0 Å². The van der Waals surface area contributed by atoms with E-state index in [9.17, 15) is 19.5 Å². The molecule has 0 spiro atoms. The Bertz CT molecular complexity index is 754. The largest absolute Gasteiger partial charge is 0.458 e. The first-order valence-corrected chi connectivity index (χ1v) is 10.4. The zero-order valence-corrected chi connectivity index (χ0v) is 20.2. The summed E-state index contributed by atoms with van der Waals surface area (Å²) in [6.45, 7) is 16.2.